The second kappa shape index (κ2) is 8.15. The monoisotopic (exact) mass is 437 g/mol. The van der Waals surface area contributed by atoms with Gasteiger partial charge in [0, 0.05) is 57.3 Å². The molecule has 4 aliphatic rings. The van der Waals surface area contributed by atoms with Crippen LogP contribution in [0.25, 0.3) is 5.52 Å². The van der Waals surface area contributed by atoms with Gasteiger partial charge in [0.15, 0.2) is 0 Å². The number of hydrogen-bond donors (Lipinski definition) is 0. The summed E-state index contributed by atoms with van der Waals surface area (Å²) in [6.45, 7) is 5.05. The molecule has 2 aromatic rings. The van der Waals surface area contributed by atoms with Crippen molar-refractivity contribution in [3.8, 4) is 0 Å². The Hall–Kier alpha value is -2.45. The maximum Gasteiger partial charge on any atom is 0.245 e. The van der Waals surface area contributed by atoms with Crippen LogP contribution in [-0.2, 0) is 20.9 Å². The third-order valence-corrected chi connectivity index (χ3v) is 7.88. The fourth-order valence-electron chi connectivity index (χ4n) is 6.53. The van der Waals surface area contributed by atoms with Crippen molar-refractivity contribution >= 4 is 17.3 Å². The molecule has 4 fully saturated rings. The minimum atomic E-state index is -0.328. The molecule has 170 valence electrons. The molecule has 2 bridgehead atoms. The molecule has 0 aliphatic carbocycles. The summed E-state index contributed by atoms with van der Waals surface area (Å²) in [4.78, 5) is 33.2. The summed E-state index contributed by atoms with van der Waals surface area (Å²) in [7, 11) is 0. The van der Waals surface area contributed by atoms with Gasteiger partial charge in [-0.05, 0) is 43.4 Å². The minimum absolute atomic E-state index is 0.132. The number of carbonyl (C=O) groups excluding carboxylic acids is 2. The molecule has 0 N–H and O–H groups in total. The quantitative estimate of drug-likeness (QED) is 0.726. The molecule has 0 radical (unpaired) electrons. The molecule has 2 aromatic heterocycles. The number of ether oxygens (including phenoxy) is 1. The molecule has 4 atom stereocenters. The number of pyridine rings is 1. The molecule has 0 spiro atoms. The highest BCUT2D eigenvalue weighted by molar-refractivity contribution is 5.89. The highest BCUT2D eigenvalue weighted by atomic mass is 16.5. The molecule has 8 nitrogen and oxygen atoms in total. The van der Waals surface area contributed by atoms with Crippen LogP contribution in [-0.4, -0.2) is 87.6 Å². The lowest BCUT2D eigenvalue weighted by atomic mass is 9.71. The smallest absolute Gasteiger partial charge is 0.245 e. The molecule has 0 unspecified atom stereocenters. The van der Waals surface area contributed by atoms with Crippen molar-refractivity contribution in [3.05, 3.63) is 36.2 Å². The average molecular weight is 438 g/mol. The molecule has 4 saturated heterocycles. The van der Waals surface area contributed by atoms with Gasteiger partial charge in [0.25, 0.3) is 0 Å². The summed E-state index contributed by atoms with van der Waals surface area (Å²) in [5.41, 5.74) is 2.27. The third kappa shape index (κ3) is 3.40. The van der Waals surface area contributed by atoms with E-state index in [0.29, 0.717) is 38.6 Å². The van der Waals surface area contributed by atoms with Crippen LogP contribution in [0.1, 0.15) is 31.4 Å². The van der Waals surface area contributed by atoms with Gasteiger partial charge < -0.3 is 14.5 Å². The van der Waals surface area contributed by atoms with Crippen molar-refractivity contribution in [1.82, 2.24) is 24.3 Å². The van der Waals surface area contributed by atoms with E-state index < -0.39 is 0 Å². The molecule has 0 aromatic carbocycles. The largest absolute Gasteiger partial charge is 0.378 e. The van der Waals surface area contributed by atoms with E-state index >= 15 is 0 Å². The number of amides is 2. The Morgan fingerprint density at radius 1 is 1.12 bits per heavy atom. The number of morpholine rings is 1. The first kappa shape index (κ1) is 20.2. The second-order valence-electron chi connectivity index (χ2n) is 9.78. The van der Waals surface area contributed by atoms with Gasteiger partial charge in [0.1, 0.15) is 6.04 Å². The van der Waals surface area contributed by atoms with Crippen LogP contribution in [0.3, 0.4) is 0 Å². The average Bonchev–Trinajstić information content (AvgIpc) is 3.30. The molecule has 6 rings (SSSR count). The van der Waals surface area contributed by atoms with Gasteiger partial charge in [-0.3, -0.25) is 14.5 Å². The Kier molecular flexibility index (Phi) is 5.14. The van der Waals surface area contributed by atoms with Crippen LogP contribution in [0.2, 0.25) is 0 Å². The van der Waals surface area contributed by atoms with Gasteiger partial charge in [0.2, 0.25) is 11.8 Å². The molecule has 6 heterocycles. The summed E-state index contributed by atoms with van der Waals surface area (Å²) >= 11 is 0. The predicted octanol–water partition coefficient (Wildman–Crippen LogP) is 1.39. The van der Waals surface area contributed by atoms with Crippen LogP contribution in [0.15, 0.2) is 30.5 Å². The lowest BCUT2D eigenvalue weighted by Crippen LogP contribution is -2.68. The van der Waals surface area contributed by atoms with Gasteiger partial charge in [-0.15, -0.1) is 0 Å². The molecule has 4 aliphatic heterocycles. The Morgan fingerprint density at radius 3 is 2.84 bits per heavy atom. The van der Waals surface area contributed by atoms with Crippen molar-refractivity contribution in [1.29, 1.82) is 0 Å². The Labute approximate surface area is 188 Å². The maximum atomic E-state index is 13.7. The summed E-state index contributed by atoms with van der Waals surface area (Å²) in [5, 5.41) is 4.50. The van der Waals surface area contributed by atoms with Crippen LogP contribution < -0.4 is 0 Å². The molecule has 32 heavy (non-hydrogen) atoms. The first-order valence-electron chi connectivity index (χ1n) is 12.0. The minimum Gasteiger partial charge on any atom is -0.378 e. The third-order valence-electron chi connectivity index (χ3n) is 7.88. The van der Waals surface area contributed by atoms with E-state index in [1.54, 1.807) is 0 Å². The molecule has 2 amide bonds. The first-order valence-corrected chi connectivity index (χ1v) is 12.0. The van der Waals surface area contributed by atoms with E-state index in [1.165, 1.54) is 5.69 Å². The van der Waals surface area contributed by atoms with E-state index in [4.69, 9.17) is 4.74 Å². The number of fused-ring (bicyclic) bond motifs is 5. The number of nitrogens with zero attached hydrogens (tertiary/aromatic N) is 5. The molecular formula is C24H31N5O3. The highest BCUT2D eigenvalue weighted by Gasteiger charge is 2.52. The fraction of sp³-hybridized carbons (Fsp3) is 0.625. The van der Waals surface area contributed by atoms with Gasteiger partial charge in [-0.2, -0.15) is 5.10 Å². The lowest BCUT2D eigenvalue weighted by molar-refractivity contribution is -0.167. The van der Waals surface area contributed by atoms with Gasteiger partial charge >= 0.3 is 0 Å². The van der Waals surface area contributed by atoms with E-state index in [2.05, 4.69) is 28.2 Å². The summed E-state index contributed by atoms with van der Waals surface area (Å²) < 4.78 is 7.48. The van der Waals surface area contributed by atoms with Gasteiger partial charge in [-0.1, -0.05) is 6.07 Å². The normalized spacial score (nSPS) is 31.1. The summed E-state index contributed by atoms with van der Waals surface area (Å²) in [6, 6.07) is 8.18. The second-order valence-corrected chi connectivity index (χ2v) is 9.78. The van der Waals surface area contributed by atoms with Crippen LogP contribution in [0.4, 0.5) is 0 Å². The number of hydrogen-bond acceptors (Lipinski definition) is 5. The molecular weight excluding hydrogens is 406 g/mol. The van der Waals surface area contributed by atoms with E-state index in [1.807, 2.05) is 26.6 Å². The van der Waals surface area contributed by atoms with Crippen LogP contribution in [0, 0.1) is 11.8 Å². The van der Waals surface area contributed by atoms with Crippen molar-refractivity contribution in [2.75, 3.05) is 39.4 Å². The molecule has 0 saturated carbocycles. The van der Waals surface area contributed by atoms with E-state index in [0.717, 1.165) is 44.4 Å². The zero-order valence-electron chi connectivity index (χ0n) is 18.4. The van der Waals surface area contributed by atoms with E-state index in [-0.39, 0.29) is 29.8 Å². The topological polar surface area (TPSA) is 70.4 Å². The van der Waals surface area contributed by atoms with Crippen LogP contribution in [0.5, 0.6) is 0 Å². The number of likely N-dealkylation sites (tertiary alicyclic amines) is 1. The van der Waals surface area contributed by atoms with Crippen molar-refractivity contribution < 1.29 is 14.3 Å². The zero-order chi connectivity index (χ0) is 21.7. The highest BCUT2D eigenvalue weighted by Crippen LogP contribution is 2.42. The lowest BCUT2D eigenvalue weighted by Gasteiger charge is -2.56. The first-order chi connectivity index (χ1) is 15.7. The van der Waals surface area contributed by atoms with Crippen molar-refractivity contribution in [2.24, 2.45) is 11.8 Å². The van der Waals surface area contributed by atoms with Gasteiger partial charge in [-0.25, -0.2) is 4.52 Å². The Bertz CT molecular complexity index is 1020. The number of carbonyl (C=O) groups is 2. The standard InChI is InChI=1S/C24H31N5O3/c30-22-6-2-5-21-17-13-18(23(28(21)22)24(31)27-9-11-32-12-10-27)15-26(14-17)16-20-4-1-3-19-7-8-25-29(19)20/h1,3-4,7-8,17-18,21,23H,2,5-6,9-16H2/t17-,18+,21-,23+/m0/s1. The maximum absolute atomic E-state index is 13.7. The number of aromatic nitrogens is 2. The summed E-state index contributed by atoms with van der Waals surface area (Å²) in [6.07, 6.45) is 5.41. The van der Waals surface area contributed by atoms with Gasteiger partial charge in [0.05, 0.1) is 24.4 Å². The Balaban J connectivity index is 1.29. The SMILES string of the molecule is O=C([C@H]1[C@@H]2C[C@@H](CN(Cc3cccc4ccnn34)C2)[C@@H]2CCCC(=O)N21)N1CCOCC1. The summed E-state index contributed by atoms with van der Waals surface area (Å²) in [5.74, 6) is 0.924. The van der Waals surface area contributed by atoms with Crippen molar-refractivity contribution in [2.45, 2.75) is 44.3 Å². The zero-order valence-corrected chi connectivity index (χ0v) is 18.4. The number of piperidine rings is 3. The Morgan fingerprint density at radius 2 is 1.97 bits per heavy atom. The van der Waals surface area contributed by atoms with Crippen LogP contribution >= 0.6 is 0 Å². The predicted molar refractivity (Wildman–Crippen MR) is 118 cm³/mol. The van der Waals surface area contributed by atoms with Crippen molar-refractivity contribution in [3.63, 3.8) is 0 Å². The van der Waals surface area contributed by atoms with E-state index in [9.17, 15) is 9.59 Å². The number of rotatable bonds is 3. The fourth-order valence-corrected chi connectivity index (χ4v) is 6.53. The molecule has 8 heteroatoms.